The number of allylic oxidation sites excluding steroid dienone is 1. The van der Waals surface area contributed by atoms with Crippen LogP contribution in [0.15, 0.2) is 84.4 Å². The van der Waals surface area contributed by atoms with Crippen molar-refractivity contribution in [2.24, 2.45) is 17.3 Å². The van der Waals surface area contributed by atoms with Gasteiger partial charge in [-0.3, -0.25) is 14.5 Å². The highest BCUT2D eigenvalue weighted by atomic mass is 16.2. The van der Waals surface area contributed by atoms with Crippen LogP contribution in [0, 0.1) is 17.3 Å². The fourth-order valence-electron chi connectivity index (χ4n) is 6.99. The molecule has 0 N–H and O–H groups in total. The molecule has 7 rings (SSSR count). The smallest absolute Gasteiger partial charge is 0.253 e. The Morgan fingerprint density at radius 3 is 2.35 bits per heavy atom. The van der Waals surface area contributed by atoms with E-state index >= 15 is 0 Å². The first kappa shape index (κ1) is 26.8. The first-order valence-corrected chi connectivity index (χ1v) is 14.9. The van der Waals surface area contributed by atoms with Gasteiger partial charge in [0.15, 0.2) is 0 Å². The molecule has 1 saturated carbocycles. The van der Waals surface area contributed by atoms with Gasteiger partial charge >= 0.3 is 0 Å². The predicted octanol–water partition coefficient (Wildman–Crippen LogP) is 5.66. The molecule has 2 fully saturated rings. The lowest BCUT2D eigenvalue weighted by atomic mass is 9.49. The van der Waals surface area contributed by atoms with Gasteiger partial charge in [-0.05, 0) is 58.6 Å². The molecule has 2 unspecified atom stereocenters. The van der Waals surface area contributed by atoms with Crippen molar-refractivity contribution in [3.05, 3.63) is 95.6 Å². The predicted molar refractivity (Wildman–Crippen MR) is 161 cm³/mol. The Labute approximate surface area is 238 Å². The quantitative estimate of drug-likeness (QED) is 0.350. The largest absolute Gasteiger partial charge is 0.337 e. The average Bonchev–Trinajstić information content (AvgIpc) is 2.99. The van der Waals surface area contributed by atoms with Crippen LogP contribution < -0.4 is 0 Å². The van der Waals surface area contributed by atoms with Gasteiger partial charge in [0, 0.05) is 51.4 Å². The number of carbonyl (C=O) groups is 2. The van der Waals surface area contributed by atoms with Crippen molar-refractivity contribution in [1.29, 1.82) is 0 Å². The summed E-state index contributed by atoms with van der Waals surface area (Å²) in [6.45, 7) is 10.2. The third kappa shape index (κ3) is 5.44. The normalized spacial score (nSPS) is 21.9. The Morgan fingerprint density at radius 2 is 1.62 bits per heavy atom. The van der Waals surface area contributed by atoms with Crippen LogP contribution in [-0.2, 0) is 11.2 Å². The van der Waals surface area contributed by atoms with E-state index in [0.717, 1.165) is 67.0 Å². The molecule has 0 radical (unpaired) electrons. The molecule has 5 heteroatoms. The molecule has 1 saturated heterocycles. The average molecular weight is 536 g/mol. The zero-order chi connectivity index (χ0) is 27.7. The lowest BCUT2D eigenvalue weighted by Gasteiger charge is -2.57. The summed E-state index contributed by atoms with van der Waals surface area (Å²) in [4.78, 5) is 33.3. The fraction of sp³-hybridized carbons (Fsp3) is 0.429. The van der Waals surface area contributed by atoms with Crippen LogP contribution in [0.2, 0.25) is 0 Å². The van der Waals surface area contributed by atoms with E-state index in [-0.39, 0.29) is 11.8 Å². The molecular weight excluding hydrogens is 494 g/mol. The van der Waals surface area contributed by atoms with Gasteiger partial charge in [-0.2, -0.15) is 0 Å². The molecule has 208 valence electrons. The summed E-state index contributed by atoms with van der Waals surface area (Å²) in [6, 6.07) is 24.2. The standard InChI is InChI=1S/C35H41N3O2/c1-35(2)31-15-14-30(32(35)24-31)25-38(33(39)22-26-8-4-3-5-9-26)21-18-36-16-19-37(20-17-36)34(40)29-13-12-27-10-6-7-11-28(27)23-29/h3-14,23,31-32H,15-22,24-25H2,1-2H3. The van der Waals surface area contributed by atoms with Crippen molar-refractivity contribution in [1.82, 2.24) is 14.7 Å². The Balaban J connectivity index is 1.07. The van der Waals surface area contributed by atoms with Crippen molar-refractivity contribution in [2.75, 3.05) is 45.8 Å². The summed E-state index contributed by atoms with van der Waals surface area (Å²) in [6.07, 6.45) is 5.28. The van der Waals surface area contributed by atoms with E-state index in [9.17, 15) is 9.59 Å². The van der Waals surface area contributed by atoms with Crippen molar-refractivity contribution < 1.29 is 9.59 Å². The fourth-order valence-corrected chi connectivity index (χ4v) is 6.99. The highest BCUT2D eigenvalue weighted by Crippen LogP contribution is 2.59. The van der Waals surface area contributed by atoms with Gasteiger partial charge in [-0.15, -0.1) is 0 Å². The number of rotatable bonds is 8. The van der Waals surface area contributed by atoms with Crippen LogP contribution in [0.5, 0.6) is 0 Å². The second kappa shape index (κ2) is 11.2. The van der Waals surface area contributed by atoms with E-state index in [4.69, 9.17) is 0 Å². The summed E-state index contributed by atoms with van der Waals surface area (Å²) >= 11 is 0. The SMILES string of the molecule is CC1(C)C2CC=C(CN(CCN3CCN(C(=O)c4ccc5ccccc5c4)CC3)C(=O)Cc3ccccc3)C1C2. The molecule has 2 bridgehead atoms. The highest BCUT2D eigenvalue weighted by Gasteiger charge is 2.51. The van der Waals surface area contributed by atoms with E-state index in [1.165, 1.54) is 12.0 Å². The van der Waals surface area contributed by atoms with Crippen molar-refractivity contribution >= 4 is 22.6 Å². The molecule has 3 aromatic carbocycles. The Bertz CT molecular complexity index is 1400. The zero-order valence-corrected chi connectivity index (χ0v) is 23.9. The van der Waals surface area contributed by atoms with Crippen LogP contribution in [0.4, 0.5) is 0 Å². The second-order valence-electron chi connectivity index (χ2n) is 12.5. The molecule has 40 heavy (non-hydrogen) atoms. The van der Waals surface area contributed by atoms with Crippen LogP contribution >= 0.6 is 0 Å². The third-order valence-corrected chi connectivity index (χ3v) is 9.85. The molecule has 2 atom stereocenters. The molecule has 5 nitrogen and oxygen atoms in total. The number of fused-ring (bicyclic) bond motifs is 2. The van der Waals surface area contributed by atoms with E-state index in [0.29, 0.717) is 30.8 Å². The topological polar surface area (TPSA) is 43.9 Å². The van der Waals surface area contributed by atoms with Gasteiger partial charge in [-0.25, -0.2) is 0 Å². The molecule has 1 aliphatic heterocycles. The lowest BCUT2D eigenvalue weighted by Crippen LogP contribution is -2.52. The van der Waals surface area contributed by atoms with Crippen LogP contribution in [-0.4, -0.2) is 72.3 Å². The summed E-state index contributed by atoms with van der Waals surface area (Å²) in [5.74, 6) is 1.71. The van der Waals surface area contributed by atoms with Gasteiger partial charge < -0.3 is 9.80 Å². The Hall–Kier alpha value is -3.44. The first-order chi connectivity index (χ1) is 19.4. The molecule has 4 aliphatic rings. The van der Waals surface area contributed by atoms with Gasteiger partial charge in [0.2, 0.25) is 5.91 Å². The lowest BCUT2D eigenvalue weighted by molar-refractivity contribution is -0.130. The van der Waals surface area contributed by atoms with E-state index in [2.05, 4.69) is 41.9 Å². The maximum Gasteiger partial charge on any atom is 0.253 e. The number of benzene rings is 3. The highest BCUT2D eigenvalue weighted by molar-refractivity contribution is 5.98. The van der Waals surface area contributed by atoms with Gasteiger partial charge in [0.25, 0.3) is 5.91 Å². The molecule has 0 spiro atoms. The number of hydrogen-bond donors (Lipinski definition) is 0. The molecule has 2 amide bonds. The number of amides is 2. The molecular formula is C35H41N3O2. The van der Waals surface area contributed by atoms with Crippen molar-refractivity contribution in [3.8, 4) is 0 Å². The Kier molecular flexibility index (Phi) is 7.50. The molecule has 3 aromatic rings. The monoisotopic (exact) mass is 535 g/mol. The number of hydrogen-bond acceptors (Lipinski definition) is 3. The van der Waals surface area contributed by atoms with Gasteiger partial charge in [0.05, 0.1) is 6.42 Å². The van der Waals surface area contributed by atoms with Gasteiger partial charge in [0.1, 0.15) is 0 Å². The van der Waals surface area contributed by atoms with E-state index in [1.807, 2.05) is 65.6 Å². The molecule has 1 heterocycles. The third-order valence-electron chi connectivity index (χ3n) is 9.85. The zero-order valence-electron chi connectivity index (χ0n) is 23.9. The maximum absolute atomic E-state index is 13.6. The summed E-state index contributed by atoms with van der Waals surface area (Å²) in [5, 5.41) is 2.25. The van der Waals surface area contributed by atoms with Crippen LogP contribution in [0.3, 0.4) is 0 Å². The second-order valence-corrected chi connectivity index (χ2v) is 12.5. The number of piperazine rings is 1. The summed E-state index contributed by atoms with van der Waals surface area (Å²) in [7, 11) is 0. The first-order valence-electron chi connectivity index (χ1n) is 14.9. The van der Waals surface area contributed by atoms with Gasteiger partial charge in [-0.1, -0.05) is 86.2 Å². The maximum atomic E-state index is 13.6. The number of carbonyl (C=O) groups excluding carboxylic acids is 2. The van der Waals surface area contributed by atoms with Crippen molar-refractivity contribution in [3.63, 3.8) is 0 Å². The summed E-state index contributed by atoms with van der Waals surface area (Å²) < 4.78 is 0. The number of nitrogens with zero attached hydrogens (tertiary/aromatic N) is 3. The van der Waals surface area contributed by atoms with Crippen molar-refractivity contribution in [2.45, 2.75) is 33.1 Å². The van der Waals surface area contributed by atoms with E-state index < -0.39 is 0 Å². The minimum absolute atomic E-state index is 0.107. The molecule has 3 aliphatic carbocycles. The minimum atomic E-state index is 0.107. The van der Waals surface area contributed by atoms with E-state index in [1.54, 1.807) is 0 Å². The van der Waals surface area contributed by atoms with Crippen LogP contribution in [0.25, 0.3) is 10.8 Å². The molecule has 0 aromatic heterocycles. The van der Waals surface area contributed by atoms with Crippen LogP contribution in [0.1, 0.15) is 42.6 Å². The Morgan fingerprint density at radius 1 is 0.900 bits per heavy atom. The summed E-state index contributed by atoms with van der Waals surface area (Å²) in [5.41, 5.74) is 3.64. The minimum Gasteiger partial charge on any atom is -0.337 e.